The lowest BCUT2D eigenvalue weighted by Crippen LogP contribution is -1.93. The Morgan fingerprint density at radius 1 is 1.00 bits per heavy atom. The fourth-order valence-corrected chi connectivity index (χ4v) is 1.58. The highest BCUT2D eigenvalue weighted by atomic mass is 16.6. The van der Waals surface area contributed by atoms with E-state index in [4.69, 9.17) is 0 Å². The number of nitro benzene ring substituents is 2. The molecule has 89 valence electrons. The van der Waals surface area contributed by atoms with Gasteiger partial charge in [-0.1, -0.05) is 12.1 Å². The Hall–Kier alpha value is -2.76. The lowest BCUT2D eigenvalue weighted by molar-refractivity contribution is -0.385. The molecule has 6 heteroatoms. The maximum Gasteiger partial charge on any atom is 0.277 e. The molecule has 0 fully saturated rings. The van der Waals surface area contributed by atoms with Gasteiger partial charge in [-0.3, -0.25) is 20.2 Å². The van der Waals surface area contributed by atoms with Gasteiger partial charge in [-0.05, 0) is 18.2 Å². The molecule has 0 heterocycles. The van der Waals surface area contributed by atoms with E-state index in [2.05, 4.69) is 6.07 Å². The third-order valence-corrected chi connectivity index (χ3v) is 2.39. The van der Waals surface area contributed by atoms with E-state index in [1.807, 2.05) is 0 Å². The first kappa shape index (κ1) is 11.7. The molecule has 0 unspecified atom stereocenters. The Morgan fingerprint density at radius 3 is 2.39 bits per heavy atom. The van der Waals surface area contributed by atoms with Crippen LogP contribution in [-0.2, 0) is 0 Å². The molecular weight excluding hydrogens is 236 g/mol. The summed E-state index contributed by atoms with van der Waals surface area (Å²) in [7, 11) is 0. The zero-order chi connectivity index (χ0) is 13.1. The van der Waals surface area contributed by atoms with Crippen molar-refractivity contribution < 1.29 is 9.85 Å². The fourth-order valence-electron chi connectivity index (χ4n) is 1.58. The van der Waals surface area contributed by atoms with E-state index < -0.39 is 9.85 Å². The van der Waals surface area contributed by atoms with Crippen LogP contribution in [0.2, 0.25) is 0 Å². The minimum atomic E-state index is -0.549. The van der Waals surface area contributed by atoms with Crippen LogP contribution in [0.1, 0.15) is 0 Å². The van der Waals surface area contributed by atoms with Crippen molar-refractivity contribution in [3.05, 3.63) is 68.8 Å². The summed E-state index contributed by atoms with van der Waals surface area (Å²) in [6.45, 7) is 0. The van der Waals surface area contributed by atoms with Gasteiger partial charge in [0.05, 0.1) is 15.4 Å². The zero-order valence-electron chi connectivity index (χ0n) is 9.07. The normalized spacial score (nSPS) is 10.0. The van der Waals surface area contributed by atoms with Crippen molar-refractivity contribution >= 4 is 11.4 Å². The standard InChI is InChI=1S/C12H7N2O4/c15-13(16)10-5-3-4-9(8-10)11-6-1-2-7-12(11)14(17)18/h1-3,5-8H. The van der Waals surface area contributed by atoms with Gasteiger partial charge in [0.2, 0.25) is 0 Å². The van der Waals surface area contributed by atoms with Crippen molar-refractivity contribution in [2.75, 3.05) is 0 Å². The third kappa shape index (κ3) is 2.17. The molecule has 18 heavy (non-hydrogen) atoms. The Balaban J connectivity index is 2.58. The van der Waals surface area contributed by atoms with Crippen molar-refractivity contribution in [2.24, 2.45) is 0 Å². The molecule has 2 aromatic carbocycles. The zero-order valence-corrected chi connectivity index (χ0v) is 9.07. The topological polar surface area (TPSA) is 86.3 Å². The molecule has 2 aromatic rings. The number of rotatable bonds is 3. The highest BCUT2D eigenvalue weighted by Gasteiger charge is 2.16. The van der Waals surface area contributed by atoms with Gasteiger partial charge in [0.25, 0.3) is 11.4 Å². The fraction of sp³-hybridized carbons (Fsp3) is 0. The minimum absolute atomic E-state index is 0.103. The average Bonchev–Trinajstić information content (AvgIpc) is 2.39. The van der Waals surface area contributed by atoms with Gasteiger partial charge in [0.1, 0.15) is 0 Å². The molecular formula is C12H7N2O4. The van der Waals surface area contributed by atoms with Gasteiger partial charge in [-0.15, -0.1) is 0 Å². The van der Waals surface area contributed by atoms with Crippen LogP contribution in [0, 0.1) is 26.3 Å². The van der Waals surface area contributed by atoms with Crippen LogP contribution in [0.15, 0.2) is 42.5 Å². The molecule has 0 aromatic heterocycles. The van der Waals surface area contributed by atoms with E-state index in [1.165, 1.54) is 30.3 Å². The number of hydrogen-bond donors (Lipinski definition) is 0. The molecule has 0 aliphatic carbocycles. The second kappa shape index (κ2) is 4.62. The van der Waals surface area contributed by atoms with Crippen LogP contribution in [0.25, 0.3) is 11.1 Å². The van der Waals surface area contributed by atoms with E-state index in [-0.39, 0.29) is 11.4 Å². The number of para-hydroxylation sites is 1. The number of non-ortho nitro benzene ring substituents is 1. The summed E-state index contributed by atoms with van der Waals surface area (Å²) in [5.74, 6) is 0. The quantitative estimate of drug-likeness (QED) is 0.612. The van der Waals surface area contributed by atoms with E-state index in [0.717, 1.165) is 0 Å². The molecule has 0 aliphatic heterocycles. The van der Waals surface area contributed by atoms with Crippen LogP contribution in [0.3, 0.4) is 0 Å². The summed E-state index contributed by atoms with van der Waals surface area (Å²) >= 11 is 0. The van der Waals surface area contributed by atoms with Gasteiger partial charge in [0, 0.05) is 23.8 Å². The lowest BCUT2D eigenvalue weighted by atomic mass is 10.0. The largest absolute Gasteiger partial charge is 0.277 e. The van der Waals surface area contributed by atoms with Gasteiger partial charge in [0.15, 0.2) is 0 Å². The predicted molar refractivity (Wildman–Crippen MR) is 64.0 cm³/mol. The molecule has 0 spiro atoms. The number of nitro groups is 2. The third-order valence-electron chi connectivity index (χ3n) is 2.39. The highest BCUT2D eigenvalue weighted by Crippen LogP contribution is 2.30. The number of hydrogen-bond acceptors (Lipinski definition) is 4. The van der Waals surface area contributed by atoms with Crippen molar-refractivity contribution in [2.45, 2.75) is 0 Å². The molecule has 0 amide bonds. The first-order valence-corrected chi connectivity index (χ1v) is 4.99. The summed E-state index contributed by atoms with van der Waals surface area (Å²) in [6, 6.07) is 12.8. The Labute approximate surface area is 102 Å². The van der Waals surface area contributed by atoms with E-state index >= 15 is 0 Å². The molecule has 6 nitrogen and oxygen atoms in total. The van der Waals surface area contributed by atoms with Crippen molar-refractivity contribution in [3.8, 4) is 11.1 Å². The second-order valence-corrected chi connectivity index (χ2v) is 3.49. The van der Waals surface area contributed by atoms with E-state index in [9.17, 15) is 20.2 Å². The SMILES string of the molecule is O=[N+]([O-])c1cc[c]c(-c2ccccc2[N+](=O)[O-])c1. The Bertz CT molecular complexity index is 625. The summed E-state index contributed by atoms with van der Waals surface area (Å²) in [5.41, 5.74) is 0.416. The molecule has 0 saturated carbocycles. The van der Waals surface area contributed by atoms with Gasteiger partial charge in [-0.2, -0.15) is 0 Å². The van der Waals surface area contributed by atoms with Crippen LogP contribution < -0.4 is 0 Å². The summed E-state index contributed by atoms with van der Waals surface area (Å²) in [5, 5.41) is 21.5. The maximum atomic E-state index is 10.9. The van der Waals surface area contributed by atoms with Gasteiger partial charge < -0.3 is 0 Å². The molecule has 0 bridgehead atoms. The maximum absolute atomic E-state index is 10.9. The smallest absolute Gasteiger partial charge is 0.258 e. The van der Waals surface area contributed by atoms with Crippen LogP contribution in [0.4, 0.5) is 11.4 Å². The lowest BCUT2D eigenvalue weighted by Gasteiger charge is -2.02. The van der Waals surface area contributed by atoms with Crippen LogP contribution in [-0.4, -0.2) is 9.85 Å². The van der Waals surface area contributed by atoms with Gasteiger partial charge >= 0.3 is 0 Å². The Morgan fingerprint density at radius 2 is 1.72 bits per heavy atom. The van der Waals surface area contributed by atoms with E-state index in [1.54, 1.807) is 12.1 Å². The average molecular weight is 243 g/mol. The Kier molecular flexibility index (Phi) is 3.01. The van der Waals surface area contributed by atoms with Gasteiger partial charge in [-0.25, -0.2) is 0 Å². The number of benzene rings is 2. The molecule has 2 rings (SSSR count). The van der Waals surface area contributed by atoms with Crippen molar-refractivity contribution in [3.63, 3.8) is 0 Å². The van der Waals surface area contributed by atoms with Crippen molar-refractivity contribution in [1.82, 2.24) is 0 Å². The number of nitrogens with zero attached hydrogens (tertiary/aromatic N) is 2. The molecule has 0 aliphatic rings. The molecule has 0 N–H and O–H groups in total. The second-order valence-electron chi connectivity index (χ2n) is 3.49. The molecule has 1 radical (unpaired) electrons. The predicted octanol–water partition coefficient (Wildman–Crippen LogP) is 2.97. The first-order valence-electron chi connectivity index (χ1n) is 4.99. The molecule has 0 saturated heterocycles. The van der Waals surface area contributed by atoms with Crippen LogP contribution in [0.5, 0.6) is 0 Å². The van der Waals surface area contributed by atoms with E-state index in [0.29, 0.717) is 11.1 Å². The monoisotopic (exact) mass is 243 g/mol. The summed E-state index contributed by atoms with van der Waals surface area (Å²) in [6.07, 6.45) is 0. The summed E-state index contributed by atoms with van der Waals surface area (Å²) in [4.78, 5) is 20.5. The summed E-state index contributed by atoms with van der Waals surface area (Å²) < 4.78 is 0. The minimum Gasteiger partial charge on any atom is -0.258 e. The van der Waals surface area contributed by atoms with Crippen LogP contribution >= 0.6 is 0 Å². The highest BCUT2D eigenvalue weighted by molar-refractivity contribution is 5.74. The molecule has 0 atom stereocenters. The van der Waals surface area contributed by atoms with Crippen molar-refractivity contribution in [1.29, 1.82) is 0 Å². The first-order chi connectivity index (χ1) is 8.59.